The summed E-state index contributed by atoms with van der Waals surface area (Å²) in [5.41, 5.74) is 0.820. The molecule has 1 aromatic carbocycles. The minimum Gasteiger partial charge on any atom is -0.483 e. The Morgan fingerprint density at radius 1 is 1.26 bits per heavy atom. The van der Waals surface area contributed by atoms with E-state index in [2.05, 4.69) is 10.3 Å². The van der Waals surface area contributed by atoms with Crippen molar-refractivity contribution in [1.82, 2.24) is 4.98 Å². The van der Waals surface area contributed by atoms with Crippen molar-refractivity contribution < 1.29 is 9.53 Å². The van der Waals surface area contributed by atoms with Crippen LogP contribution in [0.4, 0.5) is 5.69 Å². The highest BCUT2D eigenvalue weighted by Gasteiger charge is 2.06. The largest absolute Gasteiger partial charge is 0.483 e. The Balaban J connectivity index is 1.94. The Bertz CT molecular complexity index is 634. The lowest BCUT2D eigenvalue weighted by molar-refractivity contribution is -0.118. The smallest absolute Gasteiger partial charge is 0.271 e. The first-order chi connectivity index (χ1) is 9.16. The molecule has 2 N–H and O–H groups in total. The van der Waals surface area contributed by atoms with Gasteiger partial charge in [-0.1, -0.05) is 18.2 Å². The molecule has 98 valence electrons. The van der Waals surface area contributed by atoms with E-state index in [1.54, 1.807) is 12.1 Å². The van der Waals surface area contributed by atoms with Crippen LogP contribution in [0.15, 0.2) is 47.4 Å². The zero-order valence-electron chi connectivity index (χ0n) is 10.5. The van der Waals surface area contributed by atoms with Crippen LogP contribution in [-0.2, 0) is 4.79 Å². The number of para-hydroxylation sites is 1. The number of aromatic amines is 1. The number of benzene rings is 1. The van der Waals surface area contributed by atoms with E-state index in [4.69, 9.17) is 4.74 Å². The van der Waals surface area contributed by atoms with Crippen molar-refractivity contribution in [2.45, 2.75) is 6.92 Å². The summed E-state index contributed by atoms with van der Waals surface area (Å²) in [4.78, 5) is 25.5. The van der Waals surface area contributed by atoms with Gasteiger partial charge in [-0.15, -0.1) is 0 Å². The first-order valence-corrected chi connectivity index (χ1v) is 5.83. The van der Waals surface area contributed by atoms with Gasteiger partial charge in [0.25, 0.3) is 11.5 Å². The molecule has 0 aliphatic heterocycles. The molecule has 1 amide bonds. The molecular weight excluding hydrogens is 244 g/mol. The molecule has 0 fully saturated rings. The Labute approximate surface area is 110 Å². The molecule has 5 heteroatoms. The molecule has 0 unspecified atom stereocenters. The molecule has 0 spiro atoms. The Morgan fingerprint density at radius 3 is 2.79 bits per heavy atom. The second-order valence-electron chi connectivity index (χ2n) is 4.02. The standard InChI is InChI=1S/C14H14N2O3/c1-10-5-2-3-7-12(10)19-9-13(17)16-11-6-4-8-15-14(11)18/h2-8H,9H2,1H3,(H,15,18)(H,16,17). The van der Waals surface area contributed by atoms with Gasteiger partial charge in [0, 0.05) is 6.20 Å². The van der Waals surface area contributed by atoms with Crippen LogP contribution in [0.25, 0.3) is 0 Å². The minimum atomic E-state index is -0.375. The molecule has 0 bridgehead atoms. The molecule has 0 aliphatic rings. The number of carbonyl (C=O) groups excluding carboxylic acids is 1. The maximum absolute atomic E-state index is 11.7. The molecule has 0 radical (unpaired) electrons. The topological polar surface area (TPSA) is 71.2 Å². The third kappa shape index (κ3) is 3.45. The van der Waals surface area contributed by atoms with E-state index in [9.17, 15) is 9.59 Å². The number of ether oxygens (including phenoxy) is 1. The number of nitrogens with one attached hydrogen (secondary N) is 2. The van der Waals surface area contributed by atoms with Crippen molar-refractivity contribution in [2.24, 2.45) is 0 Å². The van der Waals surface area contributed by atoms with Gasteiger partial charge in [-0.05, 0) is 30.7 Å². The van der Waals surface area contributed by atoms with Crippen LogP contribution < -0.4 is 15.6 Å². The van der Waals surface area contributed by atoms with E-state index < -0.39 is 0 Å². The number of anilines is 1. The van der Waals surface area contributed by atoms with Crippen LogP contribution >= 0.6 is 0 Å². The molecule has 0 saturated carbocycles. The monoisotopic (exact) mass is 258 g/mol. The lowest BCUT2D eigenvalue weighted by atomic mass is 10.2. The quantitative estimate of drug-likeness (QED) is 0.876. The number of H-pyrrole nitrogens is 1. The SMILES string of the molecule is Cc1ccccc1OCC(=O)Nc1ccc[nH]c1=O. The number of carbonyl (C=O) groups is 1. The van der Waals surface area contributed by atoms with E-state index in [1.165, 1.54) is 12.3 Å². The van der Waals surface area contributed by atoms with Gasteiger partial charge in [0.2, 0.25) is 0 Å². The highest BCUT2D eigenvalue weighted by molar-refractivity contribution is 5.91. The van der Waals surface area contributed by atoms with Gasteiger partial charge in [0.05, 0.1) is 0 Å². The van der Waals surface area contributed by atoms with E-state index in [-0.39, 0.29) is 23.8 Å². The van der Waals surface area contributed by atoms with Crippen LogP contribution in [0.2, 0.25) is 0 Å². The van der Waals surface area contributed by atoms with E-state index in [0.717, 1.165) is 5.56 Å². The van der Waals surface area contributed by atoms with Crippen LogP contribution in [0.5, 0.6) is 5.75 Å². The summed E-state index contributed by atoms with van der Waals surface area (Å²) in [6.07, 6.45) is 1.50. The first kappa shape index (κ1) is 12.9. The second-order valence-corrected chi connectivity index (χ2v) is 4.02. The fourth-order valence-corrected chi connectivity index (χ4v) is 1.57. The van der Waals surface area contributed by atoms with Crippen molar-refractivity contribution in [3.8, 4) is 5.75 Å². The van der Waals surface area contributed by atoms with Gasteiger partial charge in [0.15, 0.2) is 6.61 Å². The maximum Gasteiger partial charge on any atom is 0.271 e. The Hall–Kier alpha value is -2.56. The fourth-order valence-electron chi connectivity index (χ4n) is 1.57. The minimum absolute atomic E-state index is 0.140. The first-order valence-electron chi connectivity index (χ1n) is 5.83. The lowest BCUT2D eigenvalue weighted by Gasteiger charge is -2.08. The zero-order chi connectivity index (χ0) is 13.7. The summed E-state index contributed by atoms with van der Waals surface area (Å²) in [6.45, 7) is 1.76. The molecule has 2 rings (SSSR count). The lowest BCUT2D eigenvalue weighted by Crippen LogP contribution is -2.24. The average Bonchev–Trinajstić information content (AvgIpc) is 2.40. The number of aromatic nitrogens is 1. The van der Waals surface area contributed by atoms with E-state index >= 15 is 0 Å². The van der Waals surface area contributed by atoms with Crippen LogP contribution in [0.1, 0.15) is 5.56 Å². The van der Waals surface area contributed by atoms with Crippen molar-refractivity contribution in [1.29, 1.82) is 0 Å². The van der Waals surface area contributed by atoms with Gasteiger partial charge in [-0.25, -0.2) is 0 Å². The van der Waals surface area contributed by atoms with Crippen LogP contribution in [0, 0.1) is 6.92 Å². The molecule has 19 heavy (non-hydrogen) atoms. The number of aryl methyl sites for hydroxylation is 1. The van der Waals surface area contributed by atoms with Gasteiger partial charge in [0.1, 0.15) is 11.4 Å². The molecule has 5 nitrogen and oxygen atoms in total. The summed E-state index contributed by atoms with van der Waals surface area (Å²) < 4.78 is 5.39. The maximum atomic E-state index is 11.7. The van der Waals surface area contributed by atoms with Gasteiger partial charge in [-0.2, -0.15) is 0 Å². The number of rotatable bonds is 4. The van der Waals surface area contributed by atoms with E-state index in [1.807, 2.05) is 25.1 Å². The molecule has 0 atom stereocenters. The van der Waals surface area contributed by atoms with Gasteiger partial charge in [-0.3, -0.25) is 9.59 Å². The summed E-state index contributed by atoms with van der Waals surface area (Å²) in [7, 11) is 0. The molecule has 0 aliphatic carbocycles. The molecule has 1 heterocycles. The highest BCUT2D eigenvalue weighted by atomic mass is 16.5. The fraction of sp³-hybridized carbons (Fsp3) is 0.143. The van der Waals surface area contributed by atoms with E-state index in [0.29, 0.717) is 5.75 Å². The number of amides is 1. The van der Waals surface area contributed by atoms with Crippen molar-refractivity contribution >= 4 is 11.6 Å². The van der Waals surface area contributed by atoms with Crippen molar-refractivity contribution in [2.75, 3.05) is 11.9 Å². The summed E-state index contributed by atoms with van der Waals surface area (Å²) in [6, 6.07) is 10.6. The Morgan fingerprint density at radius 2 is 2.05 bits per heavy atom. The second kappa shape index (κ2) is 5.86. The Kier molecular flexibility index (Phi) is 3.97. The number of pyridine rings is 1. The number of hydrogen-bond acceptors (Lipinski definition) is 3. The summed E-state index contributed by atoms with van der Waals surface area (Å²) in [5.74, 6) is 0.277. The van der Waals surface area contributed by atoms with Crippen molar-refractivity contribution in [3.05, 3.63) is 58.5 Å². The van der Waals surface area contributed by atoms with Gasteiger partial charge >= 0.3 is 0 Å². The third-order valence-corrected chi connectivity index (χ3v) is 2.54. The molecule has 2 aromatic rings. The zero-order valence-corrected chi connectivity index (χ0v) is 10.5. The normalized spacial score (nSPS) is 9.95. The van der Waals surface area contributed by atoms with Crippen LogP contribution in [0.3, 0.4) is 0 Å². The van der Waals surface area contributed by atoms with Gasteiger partial charge < -0.3 is 15.0 Å². The predicted octanol–water partition coefficient (Wildman–Crippen LogP) is 1.70. The number of hydrogen-bond donors (Lipinski definition) is 2. The third-order valence-electron chi connectivity index (χ3n) is 2.54. The molecule has 0 saturated heterocycles. The highest BCUT2D eigenvalue weighted by Crippen LogP contribution is 2.15. The predicted molar refractivity (Wildman–Crippen MR) is 72.4 cm³/mol. The summed E-state index contributed by atoms with van der Waals surface area (Å²) in [5, 5.41) is 2.49. The molecular formula is C14H14N2O3. The molecule has 1 aromatic heterocycles. The summed E-state index contributed by atoms with van der Waals surface area (Å²) >= 11 is 0. The van der Waals surface area contributed by atoms with Crippen molar-refractivity contribution in [3.63, 3.8) is 0 Å². The average molecular weight is 258 g/mol. The van der Waals surface area contributed by atoms with Crippen LogP contribution in [-0.4, -0.2) is 17.5 Å².